The van der Waals surface area contributed by atoms with Crippen LogP contribution in [0.15, 0.2) is 18.2 Å². The number of nitrogens with zero attached hydrogens (tertiary/aromatic N) is 2. The number of benzene rings is 1. The van der Waals surface area contributed by atoms with Crippen molar-refractivity contribution in [2.75, 3.05) is 45.2 Å². The van der Waals surface area contributed by atoms with Crippen molar-refractivity contribution in [3.8, 4) is 0 Å². The predicted molar refractivity (Wildman–Crippen MR) is 87.3 cm³/mol. The van der Waals surface area contributed by atoms with Crippen LogP contribution < -0.4 is 10.2 Å². The molecule has 4 heteroatoms. The molecule has 1 fully saturated rings. The summed E-state index contributed by atoms with van der Waals surface area (Å²) >= 11 is 0. The lowest BCUT2D eigenvalue weighted by Crippen LogP contribution is -2.28. The molecule has 0 amide bonds. The van der Waals surface area contributed by atoms with E-state index >= 15 is 0 Å². The Labute approximate surface area is 128 Å². The van der Waals surface area contributed by atoms with Gasteiger partial charge in [0.25, 0.3) is 0 Å². The van der Waals surface area contributed by atoms with Gasteiger partial charge in [-0.1, -0.05) is 13.0 Å². The van der Waals surface area contributed by atoms with E-state index in [1.165, 1.54) is 6.42 Å². The number of halogens is 1. The van der Waals surface area contributed by atoms with Crippen molar-refractivity contribution in [3.05, 3.63) is 29.6 Å². The van der Waals surface area contributed by atoms with Gasteiger partial charge in [-0.15, -0.1) is 0 Å². The van der Waals surface area contributed by atoms with Crippen LogP contribution in [0.5, 0.6) is 0 Å². The van der Waals surface area contributed by atoms with Crippen LogP contribution in [0.1, 0.15) is 25.3 Å². The fourth-order valence-electron chi connectivity index (χ4n) is 3.04. The van der Waals surface area contributed by atoms with Crippen molar-refractivity contribution in [3.63, 3.8) is 0 Å². The molecule has 2 rings (SSSR count). The Morgan fingerprint density at radius 1 is 1.43 bits per heavy atom. The lowest BCUT2D eigenvalue weighted by molar-refractivity contribution is 0.395. The third-order valence-electron chi connectivity index (χ3n) is 4.20. The number of likely N-dealkylation sites (tertiary alicyclic amines) is 1. The molecule has 1 atom stereocenters. The molecule has 3 nitrogen and oxygen atoms in total. The van der Waals surface area contributed by atoms with E-state index in [0.29, 0.717) is 11.6 Å². The molecule has 0 saturated carbocycles. The first-order chi connectivity index (χ1) is 10.1. The van der Waals surface area contributed by atoms with Crippen LogP contribution in [0.4, 0.5) is 10.1 Å². The highest BCUT2D eigenvalue weighted by atomic mass is 19.1. The number of rotatable bonds is 7. The zero-order valence-electron chi connectivity index (χ0n) is 13.5. The fraction of sp³-hybridized carbons (Fsp3) is 0.647. The topological polar surface area (TPSA) is 18.5 Å². The molecule has 0 aromatic heterocycles. The second kappa shape index (κ2) is 7.76. The van der Waals surface area contributed by atoms with Crippen molar-refractivity contribution in [2.45, 2.75) is 26.3 Å². The monoisotopic (exact) mass is 293 g/mol. The Kier molecular flexibility index (Phi) is 6.00. The molecule has 0 spiro atoms. The first kappa shape index (κ1) is 16.2. The highest BCUT2D eigenvalue weighted by Gasteiger charge is 2.21. The van der Waals surface area contributed by atoms with E-state index in [1.54, 1.807) is 6.07 Å². The lowest BCUT2D eigenvalue weighted by atomic mass is 10.1. The van der Waals surface area contributed by atoms with E-state index in [1.807, 2.05) is 19.2 Å². The molecule has 0 bridgehead atoms. The summed E-state index contributed by atoms with van der Waals surface area (Å²) in [6.45, 7) is 7.04. The summed E-state index contributed by atoms with van der Waals surface area (Å²) in [5, 5.41) is 3.31. The summed E-state index contributed by atoms with van der Waals surface area (Å²) in [7, 11) is 4.14. The van der Waals surface area contributed by atoms with E-state index < -0.39 is 0 Å². The molecule has 1 unspecified atom stereocenters. The largest absolute Gasteiger partial charge is 0.372 e. The van der Waals surface area contributed by atoms with E-state index in [4.69, 9.17) is 0 Å². The van der Waals surface area contributed by atoms with E-state index in [0.717, 1.165) is 44.7 Å². The second-order valence-corrected chi connectivity index (χ2v) is 6.26. The standard InChI is InChI=1S/C17H28FN3/c1-4-8-19-11-14-5-6-17(16(18)10-14)21(3)13-15-7-9-20(2)12-15/h5-6,10,15,19H,4,7-9,11-13H2,1-3H3. The normalized spacial score (nSPS) is 19.1. The lowest BCUT2D eigenvalue weighted by Gasteiger charge is -2.24. The van der Waals surface area contributed by atoms with Gasteiger partial charge >= 0.3 is 0 Å². The van der Waals surface area contributed by atoms with Gasteiger partial charge in [0.2, 0.25) is 0 Å². The van der Waals surface area contributed by atoms with Crippen molar-refractivity contribution in [1.82, 2.24) is 10.2 Å². The molecular formula is C17H28FN3. The number of nitrogens with one attached hydrogen (secondary N) is 1. The summed E-state index contributed by atoms with van der Waals surface area (Å²) in [6, 6.07) is 5.60. The Morgan fingerprint density at radius 3 is 2.86 bits per heavy atom. The second-order valence-electron chi connectivity index (χ2n) is 6.26. The van der Waals surface area contributed by atoms with Gasteiger partial charge in [0.15, 0.2) is 0 Å². The van der Waals surface area contributed by atoms with Gasteiger partial charge in [-0.25, -0.2) is 4.39 Å². The van der Waals surface area contributed by atoms with Gasteiger partial charge in [0.05, 0.1) is 5.69 Å². The quantitative estimate of drug-likeness (QED) is 0.780. The van der Waals surface area contributed by atoms with Gasteiger partial charge in [-0.05, 0) is 56.6 Å². The Balaban J connectivity index is 1.92. The average molecular weight is 293 g/mol. The predicted octanol–water partition coefficient (Wildman–Crippen LogP) is 2.71. The van der Waals surface area contributed by atoms with Crippen molar-refractivity contribution in [1.29, 1.82) is 0 Å². The summed E-state index contributed by atoms with van der Waals surface area (Å²) < 4.78 is 14.3. The van der Waals surface area contributed by atoms with E-state index in [-0.39, 0.29) is 5.82 Å². The average Bonchev–Trinajstić information content (AvgIpc) is 2.84. The Bertz CT molecular complexity index is 450. The van der Waals surface area contributed by atoms with Crippen LogP contribution in [0, 0.1) is 11.7 Å². The molecule has 1 saturated heterocycles. The number of hydrogen-bond donors (Lipinski definition) is 1. The molecule has 1 aromatic carbocycles. The minimum atomic E-state index is -0.111. The molecule has 1 aromatic rings. The number of hydrogen-bond acceptors (Lipinski definition) is 3. The van der Waals surface area contributed by atoms with Crippen LogP contribution in [-0.2, 0) is 6.54 Å². The molecule has 1 N–H and O–H groups in total. The van der Waals surface area contributed by atoms with Crippen LogP contribution in [0.3, 0.4) is 0 Å². The smallest absolute Gasteiger partial charge is 0.146 e. The Hall–Kier alpha value is -1.13. The zero-order valence-corrected chi connectivity index (χ0v) is 13.5. The maximum atomic E-state index is 14.3. The first-order valence-corrected chi connectivity index (χ1v) is 7.99. The van der Waals surface area contributed by atoms with Crippen LogP contribution >= 0.6 is 0 Å². The van der Waals surface area contributed by atoms with Crippen molar-refractivity contribution in [2.24, 2.45) is 5.92 Å². The summed E-state index contributed by atoms with van der Waals surface area (Å²) in [5.41, 5.74) is 1.72. The highest BCUT2D eigenvalue weighted by Crippen LogP contribution is 2.23. The SMILES string of the molecule is CCCNCc1ccc(N(C)CC2CCN(C)C2)c(F)c1. The maximum Gasteiger partial charge on any atom is 0.146 e. The third kappa shape index (κ3) is 4.68. The third-order valence-corrected chi connectivity index (χ3v) is 4.20. The van der Waals surface area contributed by atoms with Gasteiger partial charge in [0.1, 0.15) is 5.82 Å². The highest BCUT2D eigenvalue weighted by molar-refractivity contribution is 5.48. The first-order valence-electron chi connectivity index (χ1n) is 7.99. The Morgan fingerprint density at radius 2 is 2.24 bits per heavy atom. The van der Waals surface area contributed by atoms with Crippen LogP contribution in [-0.4, -0.2) is 45.2 Å². The fourth-order valence-corrected chi connectivity index (χ4v) is 3.04. The molecule has 21 heavy (non-hydrogen) atoms. The van der Waals surface area contributed by atoms with E-state index in [9.17, 15) is 4.39 Å². The molecular weight excluding hydrogens is 265 g/mol. The van der Waals surface area contributed by atoms with Gasteiger partial charge < -0.3 is 15.1 Å². The maximum absolute atomic E-state index is 14.3. The minimum Gasteiger partial charge on any atom is -0.372 e. The van der Waals surface area contributed by atoms with Crippen LogP contribution in [0.2, 0.25) is 0 Å². The van der Waals surface area contributed by atoms with E-state index in [2.05, 4.69) is 29.1 Å². The molecule has 0 radical (unpaired) electrons. The minimum absolute atomic E-state index is 0.111. The summed E-state index contributed by atoms with van der Waals surface area (Å²) in [4.78, 5) is 4.40. The molecule has 1 aliphatic rings. The number of anilines is 1. The molecule has 1 heterocycles. The summed E-state index contributed by atoms with van der Waals surface area (Å²) in [6.07, 6.45) is 2.31. The molecule has 118 valence electrons. The zero-order chi connectivity index (χ0) is 15.2. The summed E-state index contributed by atoms with van der Waals surface area (Å²) in [5.74, 6) is 0.532. The van der Waals surface area contributed by atoms with Gasteiger partial charge in [-0.2, -0.15) is 0 Å². The molecule has 1 aliphatic heterocycles. The van der Waals surface area contributed by atoms with Crippen molar-refractivity contribution >= 4 is 5.69 Å². The van der Waals surface area contributed by atoms with Crippen molar-refractivity contribution < 1.29 is 4.39 Å². The van der Waals surface area contributed by atoms with Gasteiger partial charge in [0, 0.05) is 26.7 Å². The van der Waals surface area contributed by atoms with Gasteiger partial charge in [-0.3, -0.25) is 0 Å². The van der Waals surface area contributed by atoms with Crippen LogP contribution in [0.25, 0.3) is 0 Å². The molecule has 0 aliphatic carbocycles.